The van der Waals surface area contributed by atoms with Crippen LogP contribution in [-0.4, -0.2) is 23.6 Å². The highest BCUT2D eigenvalue weighted by Gasteiger charge is 2.32. The van der Waals surface area contributed by atoms with Gasteiger partial charge in [-0.2, -0.15) is 5.10 Å². The summed E-state index contributed by atoms with van der Waals surface area (Å²) in [7, 11) is 1.69. The Hall–Kier alpha value is -3.47. The summed E-state index contributed by atoms with van der Waals surface area (Å²) >= 11 is 0. The summed E-state index contributed by atoms with van der Waals surface area (Å²) in [5.41, 5.74) is 4.47. The summed E-state index contributed by atoms with van der Waals surface area (Å²) in [6, 6.07) is 24.6. The third kappa shape index (κ3) is 2.68. The Morgan fingerprint density at radius 2 is 1.78 bits per heavy atom. The standard InChI is InChI=1S/C22H17BN2O2/c1-26-18-10-11-22-20(15-18)23(19-8-2-3-9-21(19)27-22)16-6-4-7-17(14-16)25-13-5-12-24-25/h2-15H,1H3. The maximum atomic E-state index is 6.16. The Bertz CT molecular complexity index is 1110. The molecule has 27 heavy (non-hydrogen) atoms. The summed E-state index contributed by atoms with van der Waals surface area (Å²) in [5.74, 6) is 2.58. The number of hydrogen-bond acceptors (Lipinski definition) is 3. The number of methoxy groups -OCH3 is 1. The molecule has 0 unspecified atom stereocenters. The molecule has 5 rings (SSSR count). The Morgan fingerprint density at radius 3 is 2.63 bits per heavy atom. The lowest BCUT2D eigenvalue weighted by molar-refractivity contribution is 0.413. The van der Waals surface area contributed by atoms with Gasteiger partial charge in [-0.25, -0.2) is 4.68 Å². The predicted molar refractivity (Wildman–Crippen MR) is 108 cm³/mol. The molecule has 0 spiro atoms. The number of benzene rings is 3. The SMILES string of the molecule is COc1ccc2c(c1)B(c1cccc(-n3cccn3)c1)c1ccccc1O2. The van der Waals surface area contributed by atoms with E-state index in [1.807, 2.05) is 41.2 Å². The van der Waals surface area contributed by atoms with Gasteiger partial charge in [0.1, 0.15) is 17.2 Å². The lowest BCUT2D eigenvalue weighted by Gasteiger charge is -2.27. The summed E-state index contributed by atoms with van der Waals surface area (Å²) in [6.45, 7) is 0.0653. The minimum absolute atomic E-state index is 0.0653. The van der Waals surface area contributed by atoms with Crippen LogP contribution >= 0.6 is 0 Å². The van der Waals surface area contributed by atoms with Crippen molar-refractivity contribution in [2.24, 2.45) is 0 Å². The van der Waals surface area contributed by atoms with Gasteiger partial charge < -0.3 is 9.47 Å². The highest BCUT2D eigenvalue weighted by Crippen LogP contribution is 2.26. The highest BCUT2D eigenvalue weighted by atomic mass is 16.5. The van der Waals surface area contributed by atoms with Crippen LogP contribution in [0.5, 0.6) is 17.2 Å². The maximum Gasteiger partial charge on any atom is 0.251 e. The summed E-state index contributed by atoms with van der Waals surface area (Å²) in [4.78, 5) is 0. The Labute approximate surface area is 158 Å². The largest absolute Gasteiger partial charge is 0.497 e. The van der Waals surface area contributed by atoms with Gasteiger partial charge in [0.15, 0.2) is 0 Å². The number of nitrogens with zero attached hydrogens (tertiary/aromatic N) is 2. The molecule has 4 nitrogen and oxygen atoms in total. The minimum atomic E-state index is 0.0653. The van der Waals surface area contributed by atoms with Crippen LogP contribution in [0, 0.1) is 0 Å². The van der Waals surface area contributed by atoms with Crippen LogP contribution in [-0.2, 0) is 0 Å². The molecule has 0 saturated heterocycles. The molecule has 1 aromatic heterocycles. The number of aromatic nitrogens is 2. The van der Waals surface area contributed by atoms with E-state index in [4.69, 9.17) is 9.47 Å². The Balaban J connectivity index is 1.71. The van der Waals surface area contributed by atoms with Gasteiger partial charge in [-0.1, -0.05) is 35.8 Å². The van der Waals surface area contributed by atoms with E-state index >= 15 is 0 Å². The summed E-state index contributed by atoms with van der Waals surface area (Å²) in [5, 5.41) is 4.36. The van der Waals surface area contributed by atoms with Gasteiger partial charge in [0.05, 0.1) is 12.8 Å². The molecular weight excluding hydrogens is 335 g/mol. The fourth-order valence-corrected chi connectivity index (χ4v) is 3.70. The monoisotopic (exact) mass is 352 g/mol. The smallest absolute Gasteiger partial charge is 0.251 e. The average Bonchev–Trinajstić information content (AvgIpc) is 3.26. The van der Waals surface area contributed by atoms with Crippen LogP contribution < -0.4 is 25.9 Å². The lowest BCUT2D eigenvalue weighted by Crippen LogP contribution is -2.54. The average molecular weight is 352 g/mol. The first kappa shape index (κ1) is 15.8. The zero-order valence-corrected chi connectivity index (χ0v) is 14.9. The molecule has 0 atom stereocenters. The fraction of sp³-hybridized carbons (Fsp3) is 0.0455. The van der Waals surface area contributed by atoms with Crippen molar-refractivity contribution < 1.29 is 9.47 Å². The van der Waals surface area contributed by atoms with Gasteiger partial charge >= 0.3 is 0 Å². The van der Waals surface area contributed by atoms with Crippen molar-refractivity contribution in [1.29, 1.82) is 0 Å². The number of rotatable bonds is 3. The molecule has 2 heterocycles. The summed E-state index contributed by atoms with van der Waals surface area (Å²) < 4.78 is 13.5. The van der Waals surface area contributed by atoms with Crippen molar-refractivity contribution in [3.63, 3.8) is 0 Å². The molecule has 130 valence electrons. The van der Waals surface area contributed by atoms with E-state index in [1.165, 1.54) is 5.46 Å². The quantitative estimate of drug-likeness (QED) is 0.468. The van der Waals surface area contributed by atoms with E-state index in [-0.39, 0.29) is 6.71 Å². The second kappa shape index (κ2) is 6.36. The zero-order valence-electron chi connectivity index (χ0n) is 14.9. The zero-order chi connectivity index (χ0) is 18.2. The van der Waals surface area contributed by atoms with Crippen LogP contribution in [0.25, 0.3) is 5.69 Å². The fourth-order valence-electron chi connectivity index (χ4n) is 3.70. The van der Waals surface area contributed by atoms with E-state index in [0.717, 1.165) is 33.9 Å². The van der Waals surface area contributed by atoms with Crippen molar-refractivity contribution >= 4 is 23.1 Å². The van der Waals surface area contributed by atoms with Crippen molar-refractivity contribution in [2.75, 3.05) is 7.11 Å². The van der Waals surface area contributed by atoms with E-state index < -0.39 is 0 Å². The van der Waals surface area contributed by atoms with Crippen molar-refractivity contribution in [2.45, 2.75) is 0 Å². The van der Waals surface area contributed by atoms with E-state index in [0.29, 0.717) is 0 Å². The van der Waals surface area contributed by atoms with E-state index in [9.17, 15) is 0 Å². The lowest BCUT2D eigenvalue weighted by atomic mass is 9.36. The van der Waals surface area contributed by atoms with Crippen molar-refractivity contribution in [3.8, 4) is 22.9 Å². The van der Waals surface area contributed by atoms with Gasteiger partial charge in [0, 0.05) is 12.4 Å². The highest BCUT2D eigenvalue weighted by molar-refractivity contribution is 6.97. The van der Waals surface area contributed by atoms with E-state index in [1.54, 1.807) is 13.3 Å². The molecule has 0 radical (unpaired) electrons. The molecule has 5 heteroatoms. The molecular formula is C22H17BN2O2. The maximum absolute atomic E-state index is 6.16. The molecule has 0 fully saturated rings. The molecule has 1 aliphatic rings. The third-order valence-corrected chi connectivity index (χ3v) is 4.95. The second-order valence-electron chi connectivity index (χ2n) is 6.52. The van der Waals surface area contributed by atoms with Gasteiger partial charge in [-0.3, -0.25) is 0 Å². The van der Waals surface area contributed by atoms with Crippen LogP contribution in [0.1, 0.15) is 0 Å². The molecule has 1 aliphatic heterocycles. The molecule has 3 aromatic carbocycles. The van der Waals surface area contributed by atoms with Crippen LogP contribution in [0.3, 0.4) is 0 Å². The van der Waals surface area contributed by atoms with Crippen LogP contribution in [0.4, 0.5) is 0 Å². The molecule has 0 aliphatic carbocycles. The van der Waals surface area contributed by atoms with E-state index in [2.05, 4.69) is 47.6 Å². The first-order valence-electron chi connectivity index (χ1n) is 8.88. The predicted octanol–water partition coefficient (Wildman–Crippen LogP) is 2.50. The minimum Gasteiger partial charge on any atom is -0.497 e. The Kier molecular flexibility index (Phi) is 3.71. The van der Waals surface area contributed by atoms with Crippen molar-refractivity contribution in [3.05, 3.63) is 85.2 Å². The number of para-hydroxylation sites is 1. The van der Waals surface area contributed by atoms with Gasteiger partial charge in [0.2, 0.25) is 0 Å². The number of ether oxygens (including phenoxy) is 2. The molecule has 0 N–H and O–H groups in total. The van der Waals surface area contributed by atoms with Crippen molar-refractivity contribution in [1.82, 2.24) is 9.78 Å². The Morgan fingerprint density at radius 1 is 0.889 bits per heavy atom. The number of hydrogen-bond donors (Lipinski definition) is 0. The first-order valence-corrected chi connectivity index (χ1v) is 8.88. The first-order chi connectivity index (χ1) is 13.3. The van der Waals surface area contributed by atoms with Gasteiger partial charge in [0.25, 0.3) is 6.71 Å². The molecule has 4 aromatic rings. The topological polar surface area (TPSA) is 36.3 Å². The second-order valence-corrected chi connectivity index (χ2v) is 6.52. The van der Waals surface area contributed by atoms with Crippen LogP contribution in [0.2, 0.25) is 0 Å². The molecule has 0 saturated carbocycles. The van der Waals surface area contributed by atoms with Crippen LogP contribution in [0.15, 0.2) is 85.2 Å². The normalized spacial score (nSPS) is 12.1. The van der Waals surface area contributed by atoms with Gasteiger partial charge in [-0.05, 0) is 53.4 Å². The number of fused-ring (bicyclic) bond motifs is 2. The van der Waals surface area contributed by atoms with Gasteiger partial charge in [-0.15, -0.1) is 0 Å². The molecule has 0 amide bonds. The molecule has 0 bridgehead atoms. The third-order valence-electron chi connectivity index (χ3n) is 4.95. The summed E-state index contributed by atoms with van der Waals surface area (Å²) in [6.07, 6.45) is 3.74.